The van der Waals surface area contributed by atoms with Crippen molar-refractivity contribution in [3.63, 3.8) is 0 Å². The fraction of sp³-hybridized carbons (Fsp3) is 0.350. The third-order valence-electron chi connectivity index (χ3n) is 15.5. The van der Waals surface area contributed by atoms with Gasteiger partial charge in [-0.25, -0.2) is 32.3 Å². The van der Waals surface area contributed by atoms with Crippen LogP contribution in [0.1, 0.15) is 57.5 Å². The summed E-state index contributed by atoms with van der Waals surface area (Å²) in [5.41, 5.74) is 11.4. The Hall–Kier alpha value is -7.91. The second kappa shape index (κ2) is 29.4. The standard InChI is InChI=1S/C29H29BrF2N6O4.C20H20ClN5O2.C9H10BrF2NO2.C2HF3O2/c1-37-6-3-17(4-7-37)38-13-15-8-23-24(11-19(15)29(38)41)36-27(35-23)25-22(2-5-33-28(25)40)34-12-18(39)14-42-26-20(30)9-16(31)10-21(26)32;1-25-6-3-12(4-7-25)26-10-11-8-15-16(9-13(11)20(26)28)24-18(23-15)17-14(21)2-5-22-19(17)27;10-7-1-5(11)2-8(12)9(7)15-4-6(14)3-13;3-2(4,5)1(6)7/h2,5,8-11,17-18,39H,3-4,6-7,12-14H2,1H3,(H,35,36)(H2,33,34,40);2,5,8-9,12H,3-4,6-7,10H2,1H3,(H,22,27)(H,23,24);1-2,6,14H,3-4,13H2;(H,6,7)/t18-;;6-;/m1.1./s1. The van der Waals surface area contributed by atoms with Crippen molar-refractivity contribution in [1.82, 2.24) is 49.5 Å². The van der Waals surface area contributed by atoms with Gasteiger partial charge in [0.25, 0.3) is 22.9 Å². The molecule has 0 saturated carbocycles. The number of ether oxygens (including phenoxy) is 2. The van der Waals surface area contributed by atoms with Crippen LogP contribution in [0.5, 0.6) is 11.5 Å². The third kappa shape index (κ3) is 16.1. The van der Waals surface area contributed by atoms with Gasteiger partial charge in [0.2, 0.25) is 0 Å². The first-order valence-corrected chi connectivity index (χ1v) is 30.4. The fourth-order valence-corrected chi connectivity index (χ4v) is 12.0. The number of fused-ring (bicyclic) bond motifs is 4. The first-order chi connectivity index (χ1) is 43.7. The minimum atomic E-state index is -5.08. The molecule has 8 heterocycles. The summed E-state index contributed by atoms with van der Waals surface area (Å²) >= 11 is 12.2. The number of nitrogens with two attached hydrogens (primary N) is 1. The number of carbonyl (C=O) groups is 3. The summed E-state index contributed by atoms with van der Waals surface area (Å²) in [6.07, 6.45) is -0.170. The zero-order chi connectivity index (χ0) is 66.5. The zero-order valence-corrected chi connectivity index (χ0v) is 52.8. The van der Waals surface area contributed by atoms with E-state index in [0.717, 1.165) is 80.6 Å². The number of hydrogen-bond acceptors (Lipinski definition) is 15. The number of piperidine rings is 2. The Bertz CT molecular complexity index is 4110. The van der Waals surface area contributed by atoms with Gasteiger partial charge in [-0.3, -0.25) is 19.2 Å². The highest BCUT2D eigenvalue weighted by molar-refractivity contribution is 9.11. The number of rotatable bonds is 14. The van der Waals surface area contributed by atoms with Crippen molar-refractivity contribution in [2.75, 3.05) is 71.9 Å². The fourth-order valence-electron chi connectivity index (χ4n) is 10.7. The normalized spacial score (nSPS) is 16.1. The van der Waals surface area contributed by atoms with Gasteiger partial charge in [-0.2, -0.15) is 13.2 Å². The number of hydrogen-bond donors (Lipinski definition) is 9. The quantitative estimate of drug-likeness (QED) is 0.0461. The summed E-state index contributed by atoms with van der Waals surface area (Å²) in [4.78, 5) is 89.6. The number of carboxylic acid groups (broad SMARTS) is 1. The Labute approximate surface area is 540 Å². The highest BCUT2D eigenvalue weighted by atomic mass is 79.9. The maximum atomic E-state index is 14.0. The topological polar surface area (TPSA) is 304 Å². The van der Waals surface area contributed by atoms with Crippen molar-refractivity contribution in [2.24, 2.45) is 5.73 Å². The smallest absolute Gasteiger partial charge is 0.487 e. The molecular formula is C60H60Br2ClF7N12O10. The van der Waals surface area contributed by atoms with Crippen molar-refractivity contribution in [2.45, 2.75) is 69.2 Å². The number of aliphatic carboxylic acids is 1. The third-order valence-corrected chi connectivity index (χ3v) is 17.0. The van der Waals surface area contributed by atoms with E-state index in [1.165, 1.54) is 12.4 Å². The number of aromatic amines is 4. The Kier molecular flexibility index (Phi) is 21.8. The molecule has 0 unspecified atom stereocenters. The Morgan fingerprint density at radius 1 is 0.696 bits per heavy atom. The molecule has 32 heteroatoms. The van der Waals surface area contributed by atoms with Gasteiger partial charge in [0.15, 0.2) is 23.1 Å². The number of benzene rings is 4. The molecule has 2 atom stereocenters. The van der Waals surface area contributed by atoms with E-state index in [2.05, 4.69) is 91.0 Å². The number of halogens is 10. The number of anilines is 1. The molecule has 92 heavy (non-hydrogen) atoms. The molecule has 10 N–H and O–H groups in total. The van der Waals surface area contributed by atoms with Gasteiger partial charge >= 0.3 is 12.1 Å². The monoisotopic (exact) mass is 1430 g/mol. The summed E-state index contributed by atoms with van der Waals surface area (Å²) in [5, 5.41) is 30.0. The van der Waals surface area contributed by atoms with Crippen LogP contribution in [0.25, 0.3) is 44.8 Å². The number of alkyl halides is 3. The summed E-state index contributed by atoms with van der Waals surface area (Å²) in [7, 11) is 4.21. The number of H-pyrrole nitrogens is 4. The van der Waals surface area contributed by atoms with Gasteiger partial charge in [-0.15, -0.1) is 0 Å². The number of amides is 2. The molecule has 12 rings (SSSR count). The molecule has 0 bridgehead atoms. The Morgan fingerprint density at radius 3 is 1.54 bits per heavy atom. The van der Waals surface area contributed by atoms with E-state index in [1.54, 1.807) is 18.2 Å². The number of nitrogens with zero attached hydrogens (tertiary/aromatic N) is 6. The van der Waals surface area contributed by atoms with Crippen LogP contribution in [0.4, 0.5) is 36.4 Å². The van der Waals surface area contributed by atoms with Gasteiger partial charge in [0.1, 0.15) is 59.8 Å². The van der Waals surface area contributed by atoms with E-state index in [1.807, 2.05) is 28.0 Å². The molecular weight excluding hydrogens is 1380 g/mol. The van der Waals surface area contributed by atoms with Crippen LogP contribution in [-0.4, -0.2) is 180 Å². The van der Waals surface area contributed by atoms with E-state index < -0.39 is 53.2 Å². The maximum absolute atomic E-state index is 14.0. The molecule has 0 aliphatic carbocycles. The number of likely N-dealkylation sites (tertiary alicyclic amines) is 2. The number of carboxylic acids is 1. The molecule has 0 radical (unpaired) electrons. The lowest BCUT2D eigenvalue weighted by Gasteiger charge is -2.34. The van der Waals surface area contributed by atoms with Gasteiger partial charge in [-0.1, -0.05) is 11.6 Å². The molecule has 4 aliphatic rings. The van der Waals surface area contributed by atoms with Crippen LogP contribution in [-0.2, 0) is 17.9 Å². The minimum Gasteiger partial charge on any atom is -0.487 e. The van der Waals surface area contributed by atoms with E-state index in [4.69, 9.17) is 41.8 Å². The van der Waals surface area contributed by atoms with Crippen LogP contribution in [0.3, 0.4) is 0 Å². The predicted octanol–water partition coefficient (Wildman–Crippen LogP) is 8.54. The minimum absolute atomic E-state index is 0.00896. The summed E-state index contributed by atoms with van der Waals surface area (Å²) in [6.45, 7) is 4.69. The molecule has 2 amide bonds. The summed E-state index contributed by atoms with van der Waals surface area (Å²) in [5.74, 6) is -5.49. The number of nitrogens with one attached hydrogen (secondary N) is 5. The SMILES string of the molecule is CN1CCC(N2Cc3cc4[nH]c(-c5c(Cl)cc[nH]c5=O)nc4cc3C2=O)CC1.CN1CCC(N2Cc3cc4[nH]c(-c5c(NC[C@@H](O)COc6c(F)cc(F)cc6Br)cc[nH]c5=O)nc4cc3C2=O)CC1.NC[C@@H](O)COc1c(F)cc(F)cc1Br.O=C(O)C(F)(F)F. The molecule has 22 nitrogen and oxygen atoms in total. The van der Waals surface area contributed by atoms with Crippen molar-refractivity contribution in [1.29, 1.82) is 0 Å². The van der Waals surface area contributed by atoms with Crippen LogP contribution in [0.15, 0.2) is 91.6 Å². The van der Waals surface area contributed by atoms with Crippen molar-refractivity contribution in [3.05, 3.63) is 153 Å². The molecule has 8 aromatic rings. The zero-order valence-electron chi connectivity index (χ0n) is 48.9. The second-order valence-corrected chi connectivity index (χ2v) is 24.1. The Morgan fingerprint density at radius 2 is 1.12 bits per heavy atom. The average Bonchev–Trinajstić information content (AvgIpc) is 1.62. The lowest BCUT2D eigenvalue weighted by molar-refractivity contribution is -0.192. The van der Waals surface area contributed by atoms with Crippen LogP contribution >= 0.6 is 43.5 Å². The van der Waals surface area contributed by atoms with Crippen molar-refractivity contribution < 1.29 is 69.9 Å². The highest BCUT2D eigenvalue weighted by Crippen LogP contribution is 2.36. The lowest BCUT2D eigenvalue weighted by atomic mass is 10.0. The molecule has 4 aliphatic heterocycles. The second-order valence-electron chi connectivity index (χ2n) is 22.0. The van der Waals surface area contributed by atoms with Crippen molar-refractivity contribution >= 4 is 89.0 Å². The van der Waals surface area contributed by atoms with Gasteiger partial charge in [0.05, 0.1) is 41.7 Å². The summed E-state index contributed by atoms with van der Waals surface area (Å²) in [6, 6.07) is 14.8. The number of carbonyl (C=O) groups excluding carboxylic acids is 2. The number of aromatic nitrogens is 6. The maximum Gasteiger partial charge on any atom is 0.490 e. The van der Waals surface area contributed by atoms with E-state index in [0.29, 0.717) is 86.9 Å². The number of aliphatic hydroxyl groups is 2. The van der Waals surface area contributed by atoms with E-state index in [9.17, 15) is 55.0 Å². The molecule has 490 valence electrons. The van der Waals surface area contributed by atoms with Gasteiger partial charge in [0, 0.05) is 73.9 Å². The molecule has 2 saturated heterocycles. The van der Waals surface area contributed by atoms with Crippen LogP contribution < -0.4 is 31.6 Å². The molecule has 4 aromatic carbocycles. The van der Waals surface area contributed by atoms with Crippen molar-refractivity contribution in [3.8, 4) is 34.3 Å². The largest absolute Gasteiger partial charge is 0.490 e. The van der Waals surface area contributed by atoms with Crippen LogP contribution in [0, 0.1) is 23.3 Å². The molecule has 4 aromatic heterocycles. The first-order valence-electron chi connectivity index (χ1n) is 28.5. The molecule has 2 fully saturated rings. The lowest BCUT2D eigenvalue weighted by Crippen LogP contribution is -2.43. The number of aliphatic hydroxyl groups excluding tert-OH is 2. The van der Waals surface area contributed by atoms with Crippen LogP contribution in [0.2, 0.25) is 5.02 Å². The predicted molar refractivity (Wildman–Crippen MR) is 332 cm³/mol. The first kappa shape index (κ1) is 68.5. The average molecular weight is 1440 g/mol. The van der Waals surface area contributed by atoms with Gasteiger partial charge in [-0.05, 0) is 157 Å². The van der Waals surface area contributed by atoms with E-state index >= 15 is 0 Å². The molecule has 0 spiro atoms. The van der Waals surface area contributed by atoms with E-state index in [-0.39, 0.29) is 75.7 Å². The number of pyridine rings is 2. The summed E-state index contributed by atoms with van der Waals surface area (Å²) < 4.78 is 95.5. The van der Waals surface area contributed by atoms with Gasteiger partial charge < -0.3 is 75.4 Å². The highest BCUT2D eigenvalue weighted by Gasteiger charge is 2.39. The Balaban J connectivity index is 0.000000171. The number of imidazole rings is 2.